The molecule has 2 aromatic rings. The summed E-state index contributed by atoms with van der Waals surface area (Å²) in [6, 6.07) is 7.32. The van der Waals surface area contributed by atoms with Crippen LogP contribution in [-0.4, -0.2) is 34.0 Å². The topological polar surface area (TPSA) is 68.1 Å². The zero-order valence-corrected chi connectivity index (χ0v) is 15.4. The van der Waals surface area contributed by atoms with E-state index in [-0.39, 0.29) is 17.7 Å². The molecule has 0 saturated carbocycles. The summed E-state index contributed by atoms with van der Waals surface area (Å²) in [6.45, 7) is 9.04. The van der Waals surface area contributed by atoms with E-state index in [2.05, 4.69) is 28.6 Å². The first kappa shape index (κ1) is 17.1. The lowest BCUT2D eigenvalue weighted by molar-refractivity contribution is 0.272. The van der Waals surface area contributed by atoms with Gasteiger partial charge >= 0.3 is 0 Å². The van der Waals surface area contributed by atoms with Gasteiger partial charge in [0.25, 0.3) is 0 Å². The lowest BCUT2D eigenvalue weighted by Crippen LogP contribution is -2.42. The summed E-state index contributed by atoms with van der Waals surface area (Å²) in [5, 5.41) is 8.51. The third-order valence-electron chi connectivity index (χ3n) is 4.63. The van der Waals surface area contributed by atoms with Crippen LogP contribution in [-0.2, 0) is 22.3 Å². The van der Waals surface area contributed by atoms with Gasteiger partial charge in [-0.05, 0) is 25.0 Å². The van der Waals surface area contributed by atoms with Gasteiger partial charge in [-0.25, -0.2) is 8.42 Å². The van der Waals surface area contributed by atoms with E-state index in [4.69, 9.17) is 0 Å². The molecule has 0 spiro atoms. The quantitative estimate of drug-likeness (QED) is 0.852. The molecule has 24 heavy (non-hydrogen) atoms. The summed E-state index contributed by atoms with van der Waals surface area (Å²) in [5.41, 5.74) is 1.84. The number of rotatable bonds is 4. The van der Waals surface area contributed by atoms with E-state index in [0.29, 0.717) is 13.1 Å². The number of hydrogen-bond acceptors (Lipinski definition) is 4. The van der Waals surface area contributed by atoms with E-state index < -0.39 is 10.0 Å². The Morgan fingerprint density at radius 3 is 2.58 bits per heavy atom. The Hall–Kier alpha value is -1.73. The van der Waals surface area contributed by atoms with Crippen molar-refractivity contribution in [2.45, 2.75) is 52.0 Å². The van der Waals surface area contributed by atoms with Gasteiger partial charge in [0, 0.05) is 19.0 Å². The van der Waals surface area contributed by atoms with Crippen LogP contribution >= 0.6 is 0 Å². The maximum Gasteiger partial charge on any atom is 0.219 e. The molecule has 1 aromatic heterocycles. The molecule has 0 bridgehead atoms. The first-order valence-electron chi connectivity index (χ1n) is 8.28. The molecule has 0 amide bonds. The fourth-order valence-corrected chi connectivity index (χ4v) is 5.06. The molecule has 0 aliphatic carbocycles. The van der Waals surface area contributed by atoms with Crippen molar-refractivity contribution >= 4 is 10.0 Å². The Morgan fingerprint density at radius 1 is 1.21 bits per heavy atom. The zero-order chi connectivity index (χ0) is 17.5. The number of benzene rings is 1. The van der Waals surface area contributed by atoms with E-state index in [9.17, 15) is 8.42 Å². The maximum atomic E-state index is 12.9. The molecule has 0 saturated heterocycles. The van der Waals surface area contributed by atoms with E-state index in [1.54, 1.807) is 4.31 Å². The monoisotopic (exact) mass is 348 g/mol. The number of aromatic nitrogens is 3. The summed E-state index contributed by atoms with van der Waals surface area (Å²) in [6.07, 6.45) is 0. The molecule has 0 fully saturated rings. The highest BCUT2D eigenvalue weighted by Gasteiger charge is 2.36. The van der Waals surface area contributed by atoms with Crippen LogP contribution in [0.1, 0.15) is 55.5 Å². The van der Waals surface area contributed by atoms with E-state index in [1.165, 1.54) is 0 Å². The zero-order valence-electron chi connectivity index (χ0n) is 14.6. The van der Waals surface area contributed by atoms with Crippen molar-refractivity contribution in [1.29, 1.82) is 0 Å². The van der Waals surface area contributed by atoms with Gasteiger partial charge < -0.3 is 4.57 Å². The number of nitrogens with zero attached hydrogens (tertiary/aromatic N) is 4. The van der Waals surface area contributed by atoms with Crippen molar-refractivity contribution < 1.29 is 8.42 Å². The molecule has 0 radical (unpaired) electrons. The third kappa shape index (κ3) is 2.98. The molecular formula is C17H24N4O2S. The highest BCUT2D eigenvalue weighted by molar-refractivity contribution is 7.88. The van der Waals surface area contributed by atoms with Gasteiger partial charge in [-0.2, -0.15) is 4.31 Å². The predicted octanol–water partition coefficient (Wildman–Crippen LogP) is 2.62. The molecule has 2 heterocycles. The van der Waals surface area contributed by atoms with E-state index >= 15 is 0 Å². The number of hydrogen-bond donors (Lipinski definition) is 0. The average Bonchev–Trinajstić information content (AvgIpc) is 2.94. The highest BCUT2D eigenvalue weighted by Crippen LogP contribution is 2.30. The molecule has 1 unspecified atom stereocenters. The molecule has 3 rings (SSSR count). The van der Waals surface area contributed by atoms with Crippen LogP contribution in [0.5, 0.6) is 0 Å². The lowest BCUT2D eigenvalue weighted by Gasteiger charge is -2.33. The third-order valence-corrected chi connectivity index (χ3v) is 6.52. The fourth-order valence-electron chi connectivity index (χ4n) is 3.25. The van der Waals surface area contributed by atoms with Crippen molar-refractivity contribution in [3.05, 3.63) is 47.0 Å². The van der Waals surface area contributed by atoms with Crippen molar-refractivity contribution in [1.82, 2.24) is 19.1 Å². The van der Waals surface area contributed by atoms with Gasteiger partial charge in [0.05, 0.1) is 11.8 Å². The normalized spacial score (nSPS) is 18.8. The Kier molecular flexibility index (Phi) is 4.48. The molecule has 130 valence electrons. The van der Waals surface area contributed by atoms with Crippen LogP contribution in [0.25, 0.3) is 0 Å². The largest absolute Gasteiger partial charge is 0.312 e. The van der Waals surface area contributed by atoms with Crippen LogP contribution in [0, 0.1) is 6.92 Å². The Balaban J connectivity index is 1.88. The van der Waals surface area contributed by atoms with Crippen molar-refractivity contribution in [3.8, 4) is 0 Å². The molecular weight excluding hydrogens is 324 g/mol. The van der Waals surface area contributed by atoms with Gasteiger partial charge in [0.15, 0.2) is 5.82 Å². The summed E-state index contributed by atoms with van der Waals surface area (Å²) < 4.78 is 29.5. The second-order valence-corrected chi connectivity index (χ2v) is 8.61. The van der Waals surface area contributed by atoms with Crippen LogP contribution in [0.2, 0.25) is 0 Å². The minimum absolute atomic E-state index is 0.0230. The first-order chi connectivity index (χ1) is 11.3. The van der Waals surface area contributed by atoms with Crippen LogP contribution in [0.4, 0.5) is 0 Å². The first-order valence-corrected chi connectivity index (χ1v) is 9.89. The summed E-state index contributed by atoms with van der Waals surface area (Å²) >= 11 is 0. The predicted molar refractivity (Wildman–Crippen MR) is 93.0 cm³/mol. The van der Waals surface area contributed by atoms with E-state index in [1.807, 2.05) is 38.1 Å². The van der Waals surface area contributed by atoms with Crippen molar-refractivity contribution in [2.24, 2.45) is 0 Å². The molecule has 1 aliphatic heterocycles. The smallest absolute Gasteiger partial charge is 0.219 e. The SMILES string of the molecule is Cc1ccccc1CS(=O)(=O)N1CCn2c(C(C)C)nnc2C1C. The fraction of sp³-hybridized carbons (Fsp3) is 0.529. The summed E-state index contributed by atoms with van der Waals surface area (Å²) in [4.78, 5) is 0. The molecule has 1 aliphatic rings. The molecule has 7 heteroatoms. The molecule has 0 N–H and O–H groups in total. The van der Waals surface area contributed by atoms with Crippen LogP contribution in [0.3, 0.4) is 0 Å². The average molecular weight is 348 g/mol. The minimum Gasteiger partial charge on any atom is -0.312 e. The Labute approximate surface area is 143 Å². The number of sulfonamides is 1. The Bertz CT molecular complexity index is 842. The molecule has 6 nitrogen and oxygen atoms in total. The second kappa shape index (κ2) is 6.29. The van der Waals surface area contributed by atoms with Gasteiger partial charge in [0.1, 0.15) is 5.82 Å². The highest BCUT2D eigenvalue weighted by atomic mass is 32.2. The number of aryl methyl sites for hydroxylation is 1. The van der Waals surface area contributed by atoms with Crippen LogP contribution < -0.4 is 0 Å². The van der Waals surface area contributed by atoms with Crippen molar-refractivity contribution in [3.63, 3.8) is 0 Å². The second-order valence-electron chi connectivity index (χ2n) is 6.69. The van der Waals surface area contributed by atoms with Crippen molar-refractivity contribution in [2.75, 3.05) is 6.54 Å². The summed E-state index contributed by atoms with van der Waals surface area (Å²) in [7, 11) is -3.41. The molecule has 1 atom stereocenters. The maximum absolute atomic E-state index is 12.9. The van der Waals surface area contributed by atoms with Gasteiger partial charge in [0.2, 0.25) is 10.0 Å². The molecule has 1 aromatic carbocycles. The van der Waals surface area contributed by atoms with Gasteiger partial charge in [-0.3, -0.25) is 0 Å². The summed E-state index contributed by atoms with van der Waals surface area (Å²) in [5.74, 6) is 1.95. The van der Waals surface area contributed by atoms with Crippen LogP contribution in [0.15, 0.2) is 24.3 Å². The Morgan fingerprint density at radius 2 is 1.92 bits per heavy atom. The van der Waals surface area contributed by atoms with Gasteiger partial charge in [-0.1, -0.05) is 38.1 Å². The standard InChI is InChI=1S/C17H24N4O2S/c1-12(2)16-18-19-17-14(4)21(10-9-20(16)17)24(22,23)11-15-8-6-5-7-13(15)3/h5-8,12,14H,9-11H2,1-4H3. The lowest BCUT2D eigenvalue weighted by atomic mass is 10.1. The van der Waals surface area contributed by atoms with E-state index in [0.717, 1.165) is 22.8 Å². The number of fused-ring (bicyclic) bond motifs is 1. The minimum atomic E-state index is -3.41. The van der Waals surface area contributed by atoms with Gasteiger partial charge in [-0.15, -0.1) is 10.2 Å².